The van der Waals surface area contributed by atoms with Crippen LogP contribution in [0.15, 0.2) is 40.8 Å². The molecule has 1 aromatic carbocycles. The van der Waals surface area contributed by atoms with Gasteiger partial charge in [0.25, 0.3) is 0 Å². The van der Waals surface area contributed by atoms with E-state index in [0.29, 0.717) is 0 Å². The van der Waals surface area contributed by atoms with Gasteiger partial charge in [-0.05, 0) is 35.9 Å². The van der Waals surface area contributed by atoms with E-state index in [1.54, 1.807) is 0 Å². The lowest BCUT2D eigenvalue weighted by Crippen LogP contribution is -2.07. The van der Waals surface area contributed by atoms with Gasteiger partial charge in [0, 0.05) is 5.56 Å². The fourth-order valence-corrected chi connectivity index (χ4v) is 1.56. The van der Waals surface area contributed by atoms with Crippen LogP contribution in [0.3, 0.4) is 0 Å². The second kappa shape index (κ2) is 4.49. The summed E-state index contributed by atoms with van der Waals surface area (Å²) in [5.74, 6) is -0.743. The molecule has 2 aromatic rings. The molecule has 18 heavy (non-hydrogen) atoms. The predicted molar refractivity (Wildman–Crippen MR) is 58.6 cm³/mol. The summed E-state index contributed by atoms with van der Waals surface area (Å²) in [6, 6.07) is 6.78. The van der Waals surface area contributed by atoms with Gasteiger partial charge in [-0.25, -0.2) is 0 Å². The molecular formula is C12H6ClF3O2. The first-order valence-electron chi connectivity index (χ1n) is 4.85. The third-order valence-electron chi connectivity index (χ3n) is 2.25. The van der Waals surface area contributed by atoms with Crippen molar-refractivity contribution < 1.29 is 22.4 Å². The Morgan fingerprint density at radius 2 is 1.89 bits per heavy atom. The van der Waals surface area contributed by atoms with Crippen molar-refractivity contribution in [1.29, 1.82) is 0 Å². The lowest BCUT2D eigenvalue weighted by molar-refractivity contribution is -0.137. The lowest BCUT2D eigenvalue weighted by atomic mass is 10.1. The summed E-state index contributed by atoms with van der Waals surface area (Å²) in [6.07, 6.45) is -4.49. The van der Waals surface area contributed by atoms with Gasteiger partial charge in [-0.15, -0.1) is 0 Å². The van der Waals surface area contributed by atoms with E-state index < -0.39 is 17.5 Å². The standard InChI is InChI=1S/C12H6ClF3O2/c13-10-5-4-9(18-10)11(17)7-2-1-3-8(6-7)12(14,15)16/h1-6H. The van der Waals surface area contributed by atoms with Crippen molar-refractivity contribution in [1.82, 2.24) is 0 Å². The number of benzene rings is 1. The van der Waals surface area contributed by atoms with E-state index in [-0.39, 0.29) is 16.5 Å². The summed E-state index contributed by atoms with van der Waals surface area (Å²) in [7, 11) is 0. The topological polar surface area (TPSA) is 30.2 Å². The number of alkyl halides is 3. The minimum atomic E-state index is -4.49. The lowest BCUT2D eigenvalue weighted by Gasteiger charge is -2.07. The molecular weight excluding hydrogens is 269 g/mol. The predicted octanol–water partition coefficient (Wildman–Crippen LogP) is 4.18. The number of carbonyl (C=O) groups is 1. The number of halogens is 4. The first-order chi connectivity index (χ1) is 8.38. The van der Waals surface area contributed by atoms with E-state index in [1.165, 1.54) is 24.3 Å². The van der Waals surface area contributed by atoms with Crippen LogP contribution in [0.2, 0.25) is 5.22 Å². The molecule has 0 spiro atoms. The van der Waals surface area contributed by atoms with Gasteiger partial charge in [-0.3, -0.25) is 4.79 Å². The molecule has 0 radical (unpaired) electrons. The maximum Gasteiger partial charge on any atom is 0.416 e. The van der Waals surface area contributed by atoms with Crippen molar-refractivity contribution in [2.75, 3.05) is 0 Å². The Bertz CT molecular complexity index is 587. The van der Waals surface area contributed by atoms with Crippen LogP contribution in [0.25, 0.3) is 0 Å². The molecule has 0 unspecified atom stereocenters. The molecule has 0 N–H and O–H groups in total. The Labute approximate surface area is 105 Å². The van der Waals surface area contributed by atoms with Crippen LogP contribution >= 0.6 is 11.6 Å². The average molecular weight is 275 g/mol. The first-order valence-corrected chi connectivity index (χ1v) is 5.23. The molecule has 0 aliphatic rings. The van der Waals surface area contributed by atoms with Crippen molar-refractivity contribution in [2.24, 2.45) is 0 Å². The highest BCUT2D eigenvalue weighted by Crippen LogP contribution is 2.30. The zero-order valence-electron chi connectivity index (χ0n) is 8.79. The van der Waals surface area contributed by atoms with E-state index in [1.807, 2.05) is 0 Å². The van der Waals surface area contributed by atoms with Crippen LogP contribution in [0.5, 0.6) is 0 Å². The number of hydrogen-bond donors (Lipinski definition) is 0. The molecule has 0 fully saturated rings. The van der Waals surface area contributed by atoms with E-state index in [9.17, 15) is 18.0 Å². The first kappa shape index (κ1) is 12.7. The largest absolute Gasteiger partial charge is 0.441 e. The number of carbonyl (C=O) groups excluding carboxylic acids is 1. The molecule has 0 bridgehead atoms. The Hall–Kier alpha value is -1.75. The molecule has 94 valence electrons. The molecule has 6 heteroatoms. The third kappa shape index (κ3) is 2.56. The smallest absolute Gasteiger partial charge is 0.416 e. The highest BCUT2D eigenvalue weighted by Gasteiger charge is 2.31. The summed E-state index contributed by atoms with van der Waals surface area (Å²) < 4.78 is 42.3. The van der Waals surface area contributed by atoms with Gasteiger partial charge in [0.05, 0.1) is 5.56 Å². The molecule has 0 aliphatic heterocycles. The molecule has 0 amide bonds. The van der Waals surface area contributed by atoms with Gasteiger partial charge in [0.1, 0.15) is 0 Å². The van der Waals surface area contributed by atoms with Crippen LogP contribution in [0.1, 0.15) is 21.7 Å². The minimum absolute atomic E-state index is 0.00493. The SMILES string of the molecule is O=C(c1cccc(C(F)(F)F)c1)c1ccc(Cl)o1. The summed E-state index contributed by atoms with van der Waals surface area (Å²) in [5, 5.41) is 0.00493. The highest BCUT2D eigenvalue weighted by molar-refractivity contribution is 6.29. The van der Waals surface area contributed by atoms with Gasteiger partial charge >= 0.3 is 6.18 Å². The molecule has 0 saturated heterocycles. The Morgan fingerprint density at radius 1 is 1.17 bits per heavy atom. The van der Waals surface area contributed by atoms with Crippen molar-refractivity contribution in [3.05, 3.63) is 58.5 Å². The van der Waals surface area contributed by atoms with Gasteiger partial charge in [0.2, 0.25) is 5.78 Å². The van der Waals surface area contributed by atoms with Crippen molar-refractivity contribution in [3.8, 4) is 0 Å². The zero-order valence-corrected chi connectivity index (χ0v) is 9.55. The summed E-state index contributed by atoms with van der Waals surface area (Å²) in [5.41, 5.74) is -0.984. The summed E-state index contributed by atoms with van der Waals surface area (Å²) in [6.45, 7) is 0. The van der Waals surface area contributed by atoms with Crippen LogP contribution in [0.4, 0.5) is 13.2 Å². The van der Waals surface area contributed by atoms with Crippen molar-refractivity contribution in [3.63, 3.8) is 0 Å². The quantitative estimate of drug-likeness (QED) is 0.769. The second-order valence-electron chi connectivity index (χ2n) is 3.51. The van der Waals surface area contributed by atoms with E-state index in [0.717, 1.165) is 12.1 Å². The van der Waals surface area contributed by atoms with Crippen molar-refractivity contribution in [2.45, 2.75) is 6.18 Å². The van der Waals surface area contributed by atoms with Gasteiger partial charge in [-0.2, -0.15) is 13.2 Å². The number of rotatable bonds is 2. The number of ketones is 1. The molecule has 2 nitrogen and oxygen atoms in total. The molecule has 0 atom stereocenters. The van der Waals surface area contributed by atoms with Crippen LogP contribution in [-0.4, -0.2) is 5.78 Å². The Morgan fingerprint density at radius 3 is 2.44 bits per heavy atom. The molecule has 0 aliphatic carbocycles. The molecule has 1 aromatic heterocycles. The summed E-state index contributed by atoms with van der Waals surface area (Å²) >= 11 is 5.50. The minimum Gasteiger partial charge on any atom is -0.441 e. The maximum atomic E-state index is 12.5. The van der Waals surface area contributed by atoms with Gasteiger partial charge in [0.15, 0.2) is 11.0 Å². The van der Waals surface area contributed by atoms with E-state index >= 15 is 0 Å². The Kier molecular flexibility index (Phi) is 3.17. The Balaban J connectivity index is 2.37. The zero-order chi connectivity index (χ0) is 13.3. The highest BCUT2D eigenvalue weighted by atomic mass is 35.5. The van der Waals surface area contributed by atoms with E-state index in [2.05, 4.69) is 0 Å². The molecule has 0 saturated carbocycles. The normalized spacial score (nSPS) is 11.6. The number of hydrogen-bond acceptors (Lipinski definition) is 2. The maximum absolute atomic E-state index is 12.5. The van der Waals surface area contributed by atoms with Crippen LogP contribution in [-0.2, 0) is 6.18 Å². The molecule has 2 rings (SSSR count). The van der Waals surface area contributed by atoms with Crippen LogP contribution < -0.4 is 0 Å². The van der Waals surface area contributed by atoms with Gasteiger partial charge < -0.3 is 4.42 Å². The van der Waals surface area contributed by atoms with Crippen molar-refractivity contribution >= 4 is 17.4 Å². The summed E-state index contributed by atoms with van der Waals surface area (Å²) in [4.78, 5) is 11.8. The average Bonchev–Trinajstić information content (AvgIpc) is 2.74. The third-order valence-corrected chi connectivity index (χ3v) is 2.45. The monoisotopic (exact) mass is 274 g/mol. The van der Waals surface area contributed by atoms with E-state index in [4.69, 9.17) is 16.0 Å². The fourth-order valence-electron chi connectivity index (χ4n) is 1.42. The van der Waals surface area contributed by atoms with Crippen LogP contribution in [0, 0.1) is 0 Å². The second-order valence-corrected chi connectivity index (χ2v) is 3.88. The number of furan rings is 1. The molecule has 1 heterocycles. The fraction of sp³-hybridized carbons (Fsp3) is 0.0833. The van der Waals surface area contributed by atoms with Gasteiger partial charge in [-0.1, -0.05) is 12.1 Å².